The van der Waals surface area contributed by atoms with E-state index in [1.807, 2.05) is 6.33 Å². The van der Waals surface area contributed by atoms with Gasteiger partial charge in [-0.2, -0.15) is 0 Å². The summed E-state index contributed by atoms with van der Waals surface area (Å²) >= 11 is 1.76. The van der Waals surface area contributed by atoms with Crippen molar-refractivity contribution in [2.75, 3.05) is 19.6 Å². The number of nitrogens with zero attached hydrogens (tertiary/aromatic N) is 5. The molecule has 1 aliphatic rings. The maximum Gasteiger partial charge on any atom is 0.194 e. The largest absolute Gasteiger partial charge is 0.354 e. The second kappa shape index (κ2) is 8.99. The lowest BCUT2D eigenvalue weighted by Crippen LogP contribution is -2.46. The lowest BCUT2D eigenvalue weighted by molar-refractivity contribution is 0.272. The molecule has 0 radical (unpaired) electrons. The van der Waals surface area contributed by atoms with Crippen LogP contribution in [0.15, 0.2) is 28.8 Å². The van der Waals surface area contributed by atoms with Crippen molar-refractivity contribution in [3.05, 3.63) is 34.5 Å². The van der Waals surface area contributed by atoms with Gasteiger partial charge in [-0.05, 0) is 30.2 Å². The second-order valence-electron chi connectivity index (χ2n) is 6.61. The molecule has 1 saturated heterocycles. The van der Waals surface area contributed by atoms with E-state index in [0.29, 0.717) is 0 Å². The van der Waals surface area contributed by atoms with Crippen LogP contribution in [0, 0.1) is 5.92 Å². The number of aryl methyl sites for hydroxylation is 1. The highest BCUT2D eigenvalue weighted by Gasteiger charge is 2.18. The number of piperidine rings is 1. The molecule has 0 amide bonds. The molecule has 1 fully saturated rings. The summed E-state index contributed by atoms with van der Waals surface area (Å²) in [5.41, 5.74) is 0. The van der Waals surface area contributed by atoms with E-state index >= 15 is 0 Å². The number of aromatic nitrogens is 3. The highest BCUT2D eigenvalue weighted by atomic mass is 32.1. The molecule has 6 nitrogen and oxygen atoms in total. The summed E-state index contributed by atoms with van der Waals surface area (Å²) in [5, 5.41) is 13.8. The fourth-order valence-corrected chi connectivity index (χ4v) is 3.70. The Kier molecular flexibility index (Phi) is 6.44. The van der Waals surface area contributed by atoms with E-state index in [1.165, 1.54) is 17.7 Å². The van der Waals surface area contributed by atoms with Gasteiger partial charge in [0.25, 0.3) is 0 Å². The lowest BCUT2D eigenvalue weighted by atomic mass is 10.00. The van der Waals surface area contributed by atoms with Gasteiger partial charge in [-0.15, -0.1) is 21.5 Å². The summed E-state index contributed by atoms with van der Waals surface area (Å²) in [6, 6.07) is 4.23. The Morgan fingerprint density at radius 1 is 1.40 bits per heavy atom. The molecule has 0 unspecified atom stereocenters. The van der Waals surface area contributed by atoms with Crippen LogP contribution in [-0.4, -0.2) is 45.3 Å². The number of hydrogen-bond donors (Lipinski definition) is 1. The Morgan fingerprint density at radius 2 is 2.24 bits per heavy atom. The molecule has 0 saturated carbocycles. The molecule has 1 N–H and O–H groups in total. The number of guanidine groups is 1. The second-order valence-corrected chi connectivity index (χ2v) is 7.64. The molecule has 1 aliphatic heterocycles. The monoisotopic (exact) mass is 360 g/mol. The number of rotatable bonds is 6. The van der Waals surface area contributed by atoms with Crippen LogP contribution in [0.1, 0.15) is 37.4 Å². The molecular weight excluding hydrogens is 332 g/mol. The topological polar surface area (TPSA) is 58.3 Å². The number of likely N-dealkylation sites (tertiary alicyclic amines) is 1. The first-order valence-electron chi connectivity index (χ1n) is 9.18. The van der Waals surface area contributed by atoms with Gasteiger partial charge in [0, 0.05) is 37.5 Å². The number of aliphatic imine (C=N–C) groups is 1. The quantitative estimate of drug-likeness (QED) is 0.636. The third kappa shape index (κ3) is 5.04. The van der Waals surface area contributed by atoms with Crippen molar-refractivity contribution < 1.29 is 0 Å². The number of hydrogen-bond acceptors (Lipinski definition) is 4. The minimum atomic E-state index is 0.749. The minimum Gasteiger partial charge on any atom is -0.354 e. The maximum atomic E-state index is 4.88. The molecule has 7 heteroatoms. The van der Waals surface area contributed by atoms with Gasteiger partial charge in [-0.3, -0.25) is 0 Å². The zero-order valence-corrected chi connectivity index (χ0v) is 16.0. The van der Waals surface area contributed by atoms with E-state index < -0.39 is 0 Å². The Labute approximate surface area is 154 Å². The van der Waals surface area contributed by atoms with E-state index in [9.17, 15) is 0 Å². The van der Waals surface area contributed by atoms with Crippen LogP contribution in [0.3, 0.4) is 0 Å². The number of thiophene rings is 1. The molecule has 3 heterocycles. The molecule has 2 aromatic heterocycles. The molecule has 0 bridgehead atoms. The van der Waals surface area contributed by atoms with Crippen molar-refractivity contribution in [3.63, 3.8) is 0 Å². The third-order valence-corrected chi connectivity index (χ3v) is 5.56. The van der Waals surface area contributed by atoms with Crippen LogP contribution >= 0.6 is 11.3 Å². The third-order valence-electron chi connectivity index (χ3n) is 4.70. The fraction of sp³-hybridized carbons (Fsp3) is 0.611. The highest BCUT2D eigenvalue weighted by molar-refractivity contribution is 7.09. The molecule has 0 atom stereocenters. The van der Waals surface area contributed by atoms with E-state index in [0.717, 1.165) is 56.8 Å². The zero-order valence-electron chi connectivity index (χ0n) is 15.2. The molecule has 25 heavy (non-hydrogen) atoms. The molecule has 0 aliphatic carbocycles. The molecule has 2 aromatic rings. The zero-order chi connectivity index (χ0) is 17.5. The Morgan fingerprint density at radius 3 is 2.96 bits per heavy atom. The van der Waals surface area contributed by atoms with Crippen molar-refractivity contribution in [2.45, 2.75) is 46.2 Å². The van der Waals surface area contributed by atoms with Crippen LogP contribution in [-0.2, 0) is 19.5 Å². The summed E-state index contributed by atoms with van der Waals surface area (Å²) < 4.78 is 2.11. The molecule has 0 spiro atoms. The average Bonchev–Trinajstić information content (AvgIpc) is 3.30. The summed E-state index contributed by atoms with van der Waals surface area (Å²) in [6.45, 7) is 9.06. The highest BCUT2D eigenvalue weighted by Crippen LogP contribution is 2.16. The van der Waals surface area contributed by atoms with E-state index in [2.05, 4.69) is 56.3 Å². The predicted octanol–water partition coefficient (Wildman–Crippen LogP) is 2.78. The molecule has 136 valence electrons. The van der Waals surface area contributed by atoms with Crippen LogP contribution in [0.4, 0.5) is 0 Å². The molecule has 0 aromatic carbocycles. The van der Waals surface area contributed by atoms with Crippen molar-refractivity contribution in [3.8, 4) is 0 Å². The number of nitrogens with one attached hydrogen (secondary N) is 1. The molecular formula is C18H28N6S. The SMILES string of the molecule is CCc1nncn1CCNC(=NCc1cccs1)N1CCC(C)CC1. The van der Waals surface area contributed by atoms with Crippen LogP contribution in [0.5, 0.6) is 0 Å². The van der Waals surface area contributed by atoms with Gasteiger partial charge in [0.1, 0.15) is 12.2 Å². The summed E-state index contributed by atoms with van der Waals surface area (Å²) in [6.07, 6.45) is 5.20. The minimum absolute atomic E-state index is 0.749. The van der Waals surface area contributed by atoms with Crippen molar-refractivity contribution in [1.29, 1.82) is 0 Å². The normalized spacial score (nSPS) is 16.4. The first kappa shape index (κ1) is 17.9. The van der Waals surface area contributed by atoms with Gasteiger partial charge in [0.15, 0.2) is 5.96 Å². The van der Waals surface area contributed by atoms with Crippen molar-refractivity contribution in [1.82, 2.24) is 25.0 Å². The summed E-state index contributed by atoms with van der Waals surface area (Å²) in [4.78, 5) is 8.58. The van der Waals surface area contributed by atoms with Crippen LogP contribution < -0.4 is 5.32 Å². The average molecular weight is 361 g/mol. The van der Waals surface area contributed by atoms with Gasteiger partial charge < -0.3 is 14.8 Å². The summed E-state index contributed by atoms with van der Waals surface area (Å²) in [7, 11) is 0. The Bertz CT molecular complexity index is 655. The Hall–Kier alpha value is -1.89. The van der Waals surface area contributed by atoms with Gasteiger partial charge in [0.05, 0.1) is 6.54 Å². The molecule has 3 rings (SSSR count). The van der Waals surface area contributed by atoms with Gasteiger partial charge in [-0.25, -0.2) is 4.99 Å². The van der Waals surface area contributed by atoms with Crippen molar-refractivity contribution >= 4 is 17.3 Å². The Balaban J connectivity index is 1.60. The van der Waals surface area contributed by atoms with Gasteiger partial charge in [-0.1, -0.05) is 19.9 Å². The summed E-state index contributed by atoms with van der Waals surface area (Å²) in [5.74, 6) is 2.89. The first-order valence-corrected chi connectivity index (χ1v) is 10.1. The van der Waals surface area contributed by atoms with E-state index in [-0.39, 0.29) is 0 Å². The fourth-order valence-electron chi connectivity index (χ4n) is 3.07. The standard InChI is InChI=1S/C18H28N6S/c1-3-17-22-21-14-24(17)11-8-19-18(20-13-16-5-4-12-25-16)23-9-6-15(2)7-10-23/h4-5,12,14-15H,3,6-11,13H2,1-2H3,(H,19,20). The lowest BCUT2D eigenvalue weighted by Gasteiger charge is -2.33. The smallest absolute Gasteiger partial charge is 0.194 e. The van der Waals surface area contributed by atoms with E-state index in [1.54, 1.807) is 11.3 Å². The first-order chi connectivity index (χ1) is 12.3. The van der Waals surface area contributed by atoms with Crippen molar-refractivity contribution in [2.24, 2.45) is 10.9 Å². The van der Waals surface area contributed by atoms with Crippen LogP contribution in [0.2, 0.25) is 0 Å². The van der Waals surface area contributed by atoms with Crippen LogP contribution in [0.25, 0.3) is 0 Å². The van der Waals surface area contributed by atoms with E-state index in [4.69, 9.17) is 4.99 Å². The van der Waals surface area contributed by atoms with Gasteiger partial charge in [0.2, 0.25) is 0 Å². The van der Waals surface area contributed by atoms with Gasteiger partial charge >= 0.3 is 0 Å². The maximum absolute atomic E-state index is 4.88. The predicted molar refractivity (Wildman–Crippen MR) is 103 cm³/mol.